The number of ether oxygens (including phenoxy) is 1. The number of aromatic nitrogens is 1. The van der Waals surface area contributed by atoms with Gasteiger partial charge >= 0.3 is 0 Å². The Hall–Kier alpha value is -1.64. The molecule has 118 valence electrons. The predicted molar refractivity (Wildman–Crippen MR) is 77.4 cm³/mol. The fourth-order valence-corrected chi connectivity index (χ4v) is 1.89. The molecule has 8 nitrogen and oxygen atoms in total. The van der Waals surface area contributed by atoms with Crippen LogP contribution in [0, 0.1) is 6.92 Å². The highest BCUT2D eigenvalue weighted by molar-refractivity contribution is 5.94. The van der Waals surface area contributed by atoms with Gasteiger partial charge in [0.15, 0.2) is 5.82 Å². The third-order valence-electron chi connectivity index (χ3n) is 2.87. The molecule has 0 spiro atoms. The van der Waals surface area contributed by atoms with E-state index in [0.717, 1.165) is 0 Å². The van der Waals surface area contributed by atoms with Crippen molar-refractivity contribution in [1.82, 2.24) is 15.4 Å². The van der Waals surface area contributed by atoms with Gasteiger partial charge in [-0.3, -0.25) is 9.59 Å². The summed E-state index contributed by atoms with van der Waals surface area (Å²) in [6, 6.07) is 1.21. The zero-order chi connectivity index (χ0) is 14.5. The number of amides is 2. The summed E-state index contributed by atoms with van der Waals surface area (Å²) in [6.07, 6.45) is 0. The van der Waals surface area contributed by atoms with Crippen LogP contribution in [0.4, 0.5) is 5.82 Å². The van der Waals surface area contributed by atoms with E-state index in [1.807, 2.05) is 0 Å². The van der Waals surface area contributed by atoms with Crippen molar-refractivity contribution in [3.05, 3.63) is 11.8 Å². The summed E-state index contributed by atoms with van der Waals surface area (Å²) in [5.41, 5.74) is 0. The van der Waals surface area contributed by atoms with Crippen molar-refractivity contribution < 1.29 is 18.8 Å². The number of anilines is 1. The zero-order valence-electron chi connectivity index (χ0n) is 11.9. The average molecular weight is 319 g/mol. The molecule has 1 atom stereocenters. The molecule has 0 saturated carbocycles. The maximum atomic E-state index is 12.1. The standard InChI is InChI=1S/C12H18N4O4.ClH/c1-8-5-10(15-20-8)14-11(17)6-16(2)12(18)9-7-19-4-3-13-9;/h5,9,13H,3-4,6-7H2,1-2H3,(H,14,15,17);1H. The Kier molecular flexibility index (Phi) is 6.60. The molecule has 1 aliphatic rings. The number of nitrogens with one attached hydrogen (secondary N) is 2. The molecular formula is C12H19ClN4O4. The molecule has 2 rings (SSSR count). The fraction of sp³-hybridized carbons (Fsp3) is 0.583. The van der Waals surface area contributed by atoms with Gasteiger partial charge in [-0.2, -0.15) is 0 Å². The lowest BCUT2D eigenvalue weighted by Gasteiger charge is -2.27. The van der Waals surface area contributed by atoms with Crippen molar-refractivity contribution in [3.63, 3.8) is 0 Å². The summed E-state index contributed by atoms with van der Waals surface area (Å²) in [4.78, 5) is 25.2. The van der Waals surface area contributed by atoms with Crippen molar-refractivity contribution in [2.75, 3.05) is 38.7 Å². The molecule has 0 bridgehead atoms. The van der Waals surface area contributed by atoms with E-state index in [1.54, 1.807) is 20.0 Å². The summed E-state index contributed by atoms with van der Waals surface area (Å²) < 4.78 is 10.1. The topological polar surface area (TPSA) is 96.7 Å². The maximum Gasteiger partial charge on any atom is 0.245 e. The Morgan fingerprint density at radius 2 is 2.33 bits per heavy atom. The van der Waals surface area contributed by atoms with E-state index in [9.17, 15) is 9.59 Å². The van der Waals surface area contributed by atoms with Gasteiger partial charge in [-0.15, -0.1) is 12.4 Å². The highest BCUT2D eigenvalue weighted by Gasteiger charge is 2.25. The minimum absolute atomic E-state index is 0. The maximum absolute atomic E-state index is 12.1. The molecule has 9 heteroatoms. The number of nitrogens with zero attached hydrogens (tertiary/aromatic N) is 2. The van der Waals surface area contributed by atoms with Gasteiger partial charge in [0.25, 0.3) is 0 Å². The second-order valence-electron chi connectivity index (χ2n) is 4.65. The van der Waals surface area contributed by atoms with Crippen molar-refractivity contribution in [1.29, 1.82) is 0 Å². The molecule has 1 aliphatic heterocycles. The van der Waals surface area contributed by atoms with Crippen LogP contribution >= 0.6 is 12.4 Å². The molecule has 1 saturated heterocycles. The quantitative estimate of drug-likeness (QED) is 0.797. The van der Waals surface area contributed by atoms with Crippen LogP contribution in [0.5, 0.6) is 0 Å². The lowest BCUT2D eigenvalue weighted by atomic mass is 10.2. The van der Waals surface area contributed by atoms with Crippen LogP contribution in [0.2, 0.25) is 0 Å². The number of rotatable bonds is 4. The number of halogens is 1. The van der Waals surface area contributed by atoms with Crippen LogP contribution in [0.25, 0.3) is 0 Å². The number of hydrogen-bond donors (Lipinski definition) is 2. The first-order valence-corrected chi connectivity index (χ1v) is 6.35. The molecule has 2 heterocycles. The van der Waals surface area contributed by atoms with Crippen molar-refractivity contribution >= 4 is 30.0 Å². The molecule has 0 radical (unpaired) electrons. The van der Waals surface area contributed by atoms with Crippen LogP contribution < -0.4 is 10.6 Å². The second kappa shape index (κ2) is 7.96. The molecule has 2 amide bonds. The number of aryl methyl sites for hydroxylation is 1. The normalized spacial score (nSPS) is 17.7. The Morgan fingerprint density at radius 3 is 2.90 bits per heavy atom. The smallest absolute Gasteiger partial charge is 0.245 e. The molecule has 1 aromatic rings. The first-order chi connectivity index (χ1) is 9.56. The zero-order valence-corrected chi connectivity index (χ0v) is 12.7. The van der Waals surface area contributed by atoms with Gasteiger partial charge in [0, 0.05) is 19.7 Å². The molecule has 1 unspecified atom stereocenters. The van der Waals surface area contributed by atoms with Crippen molar-refractivity contribution in [3.8, 4) is 0 Å². The number of morpholine rings is 1. The Morgan fingerprint density at radius 1 is 1.57 bits per heavy atom. The average Bonchev–Trinajstić information content (AvgIpc) is 2.84. The first-order valence-electron chi connectivity index (χ1n) is 6.35. The number of carbonyl (C=O) groups is 2. The summed E-state index contributed by atoms with van der Waals surface area (Å²) >= 11 is 0. The monoisotopic (exact) mass is 318 g/mol. The second-order valence-corrected chi connectivity index (χ2v) is 4.65. The largest absolute Gasteiger partial charge is 0.378 e. The molecular weight excluding hydrogens is 300 g/mol. The summed E-state index contributed by atoms with van der Waals surface area (Å²) in [6.45, 7) is 3.23. The summed E-state index contributed by atoms with van der Waals surface area (Å²) in [5.74, 6) is 0.447. The number of likely N-dealkylation sites (N-methyl/N-ethyl adjacent to an activating group) is 1. The van der Waals surface area contributed by atoms with Crippen molar-refractivity contribution in [2.45, 2.75) is 13.0 Å². The van der Waals surface area contributed by atoms with E-state index >= 15 is 0 Å². The van der Waals surface area contributed by atoms with Crippen LogP contribution in [-0.2, 0) is 14.3 Å². The fourth-order valence-electron chi connectivity index (χ4n) is 1.89. The number of hydrogen-bond acceptors (Lipinski definition) is 6. The summed E-state index contributed by atoms with van der Waals surface area (Å²) in [5, 5.41) is 9.27. The Balaban J connectivity index is 0.00000220. The van der Waals surface area contributed by atoms with Gasteiger partial charge in [0.1, 0.15) is 11.8 Å². The van der Waals surface area contributed by atoms with E-state index in [0.29, 0.717) is 31.3 Å². The van der Waals surface area contributed by atoms with E-state index in [4.69, 9.17) is 9.26 Å². The van der Waals surface area contributed by atoms with Gasteiger partial charge in [0.05, 0.1) is 19.8 Å². The highest BCUT2D eigenvalue weighted by atomic mass is 35.5. The first kappa shape index (κ1) is 17.4. The van der Waals surface area contributed by atoms with Crippen molar-refractivity contribution in [2.24, 2.45) is 0 Å². The van der Waals surface area contributed by atoms with E-state index in [-0.39, 0.29) is 30.8 Å². The third-order valence-corrected chi connectivity index (χ3v) is 2.87. The van der Waals surface area contributed by atoms with Gasteiger partial charge in [0.2, 0.25) is 11.8 Å². The third kappa shape index (κ3) is 5.00. The number of carbonyl (C=O) groups excluding carboxylic acids is 2. The highest BCUT2D eigenvalue weighted by Crippen LogP contribution is 2.07. The van der Waals surface area contributed by atoms with Crippen LogP contribution in [0.1, 0.15) is 5.76 Å². The molecule has 21 heavy (non-hydrogen) atoms. The summed E-state index contributed by atoms with van der Waals surface area (Å²) in [7, 11) is 1.58. The molecule has 0 aromatic carbocycles. The minimum atomic E-state index is -0.393. The SMILES string of the molecule is Cc1cc(NC(=O)CN(C)C(=O)C2COCCN2)no1.Cl. The van der Waals surface area contributed by atoms with Gasteiger partial charge in [-0.1, -0.05) is 5.16 Å². The molecule has 0 aliphatic carbocycles. The van der Waals surface area contributed by atoms with Crippen LogP contribution in [0.3, 0.4) is 0 Å². The predicted octanol–water partition coefficient (Wildman–Crippen LogP) is -0.210. The van der Waals surface area contributed by atoms with E-state index < -0.39 is 6.04 Å². The van der Waals surface area contributed by atoms with E-state index in [2.05, 4.69) is 15.8 Å². The Labute approximate surface area is 128 Å². The Bertz CT molecular complexity index is 487. The van der Waals surface area contributed by atoms with E-state index in [1.165, 1.54) is 4.90 Å². The van der Waals surface area contributed by atoms with Gasteiger partial charge in [-0.05, 0) is 6.92 Å². The van der Waals surface area contributed by atoms with Gasteiger partial charge in [-0.25, -0.2) is 0 Å². The van der Waals surface area contributed by atoms with Crippen LogP contribution in [-0.4, -0.2) is 61.3 Å². The molecule has 1 fully saturated rings. The lowest BCUT2D eigenvalue weighted by Crippen LogP contribution is -2.52. The molecule has 1 aromatic heterocycles. The molecule has 2 N–H and O–H groups in total. The lowest BCUT2D eigenvalue weighted by molar-refractivity contribution is -0.137. The minimum Gasteiger partial charge on any atom is -0.378 e. The van der Waals surface area contributed by atoms with Gasteiger partial charge < -0.3 is 24.8 Å². The van der Waals surface area contributed by atoms with Crippen LogP contribution in [0.15, 0.2) is 10.6 Å².